The van der Waals surface area contributed by atoms with Crippen LogP contribution < -0.4 is 10.2 Å². The molecule has 4 N–H and O–H groups in total. The fraction of sp³-hybridized carbons (Fsp3) is 0.240. The molecular formula is C25H24O7. The summed E-state index contributed by atoms with van der Waals surface area (Å²) in [5.74, 6) is -1.52. The Hall–Kier alpha value is -3.87. The van der Waals surface area contributed by atoms with Crippen LogP contribution in [0, 0.1) is 0 Å². The SMILES string of the molecule is CC(C)=CCC[C@@]1(C)C=Cc2c(-c3oc4cc(O)cc(O)c4c(=O)c3O)ccc(O)c2O1. The molecule has 166 valence electrons. The number of hydrogen-bond acceptors (Lipinski definition) is 7. The van der Waals surface area contributed by atoms with Gasteiger partial charge in [-0.15, -0.1) is 0 Å². The highest BCUT2D eigenvalue weighted by molar-refractivity contribution is 5.90. The normalized spacial score (nSPS) is 17.1. The van der Waals surface area contributed by atoms with Crippen LogP contribution in [-0.2, 0) is 0 Å². The molecule has 0 saturated heterocycles. The average Bonchev–Trinajstić information content (AvgIpc) is 2.71. The van der Waals surface area contributed by atoms with Crippen LogP contribution in [0.15, 0.2) is 51.2 Å². The van der Waals surface area contributed by atoms with E-state index in [1.165, 1.54) is 23.8 Å². The van der Waals surface area contributed by atoms with Crippen molar-refractivity contribution in [1.82, 2.24) is 0 Å². The van der Waals surface area contributed by atoms with E-state index in [0.717, 1.165) is 12.5 Å². The van der Waals surface area contributed by atoms with Gasteiger partial charge >= 0.3 is 0 Å². The first-order valence-corrected chi connectivity index (χ1v) is 10.2. The quantitative estimate of drug-likeness (QED) is 0.415. The fourth-order valence-corrected chi connectivity index (χ4v) is 3.83. The maximum Gasteiger partial charge on any atom is 0.238 e. The smallest absolute Gasteiger partial charge is 0.238 e. The molecule has 0 radical (unpaired) electrons. The third kappa shape index (κ3) is 3.66. The maximum atomic E-state index is 12.7. The summed E-state index contributed by atoms with van der Waals surface area (Å²) in [4.78, 5) is 12.7. The maximum absolute atomic E-state index is 12.7. The number of benzene rings is 2. The molecule has 0 unspecified atom stereocenters. The molecule has 2 aromatic carbocycles. The van der Waals surface area contributed by atoms with E-state index >= 15 is 0 Å². The fourth-order valence-electron chi connectivity index (χ4n) is 3.83. The Kier molecular flexibility index (Phi) is 5.12. The van der Waals surface area contributed by atoms with Crippen molar-refractivity contribution in [3.05, 3.63) is 57.8 Å². The first kappa shape index (κ1) is 21.4. The molecule has 0 aliphatic carbocycles. The summed E-state index contributed by atoms with van der Waals surface area (Å²) in [5, 5.41) is 40.6. The van der Waals surface area contributed by atoms with Crippen molar-refractivity contribution < 1.29 is 29.6 Å². The number of phenols is 3. The predicted molar refractivity (Wildman–Crippen MR) is 121 cm³/mol. The van der Waals surface area contributed by atoms with E-state index in [0.29, 0.717) is 17.5 Å². The largest absolute Gasteiger partial charge is 0.508 e. The van der Waals surface area contributed by atoms with Gasteiger partial charge in [-0.1, -0.05) is 17.7 Å². The highest BCUT2D eigenvalue weighted by Crippen LogP contribution is 2.46. The molecule has 1 aliphatic rings. The van der Waals surface area contributed by atoms with Gasteiger partial charge < -0.3 is 29.6 Å². The van der Waals surface area contributed by atoms with Gasteiger partial charge in [-0.05, 0) is 51.8 Å². The molecule has 0 saturated carbocycles. The molecule has 0 spiro atoms. The summed E-state index contributed by atoms with van der Waals surface area (Å²) in [7, 11) is 0. The van der Waals surface area contributed by atoms with Gasteiger partial charge in [0.25, 0.3) is 0 Å². The number of aromatic hydroxyl groups is 4. The molecular weight excluding hydrogens is 412 g/mol. The summed E-state index contributed by atoms with van der Waals surface area (Å²) in [6.45, 7) is 5.96. The van der Waals surface area contributed by atoms with Crippen molar-refractivity contribution in [3.63, 3.8) is 0 Å². The summed E-state index contributed by atoms with van der Waals surface area (Å²) < 4.78 is 11.9. The van der Waals surface area contributed by atoms with Gasteiger partial charge in [-0.3, -0.25) is 4.79 Å². The Morgan fingerprint density at radius 1 is 1.09 bits per heavy atom. The third-order valence-electron chi connectivity index (χ3n) is 5.49. The number of hydrogen-bond donors (Lipinski definition) is 4. The summed E-state index contributed by atoms with van der Waals surface area (Å²) >= 11 is 0. The van der Waals surface area contributed by atoms with Gasteiger partial charge in [0.2, 0.25) is 11.2 Å². The van der Waals surface area contributed by atoms with E-state index in [4.69, 9.17) is 9.15 Å². The molecule has 3 aromatic rings. The van der Waals surface area contributed by atoms with Gasteiger partial charge in [0.1, 0.15) is 28.1 Å². The summed E-state index contributed by atoms with van der Waals surface area (Å²) in [5.41, 5.74) is 0.380. The molecule has 1 aliphatic heterocycles. The minimum Gasteiger partial charge on any atom is -0.508 e. The van der Waals surface area contributed by atoms with Gasteiger partial charge in [-0.25, -0.2) is 0 Å². The monoisotopic (exact) mass is 436 g/mol. The average molecular weight is 436 g/mol. The van der Waals surface area contributed by atoms with Crippen molar-refractivity contribution in [3.8, 4) is 40.1 Å². The molecule has 4 rings (SSSR count). The van der Waals surface area contributed by atoms with Crippen LogP contribution in [0.5, 0.6) is 28.7 Å². The topological polar surface area (TPSA) is 120 Å². The number of phenolic OH excluding ortho intramolecular Hbond substituents is 3. The molecule has 1 aromatic heterocycles. The van der Waals surface area contributed by atoms with Crippen molar-refractivity contribution in [2.45, 2.75) is 39.2 Å². The molecule has 7 nitrogen and oxygen atoms in total. The molecule has 0 amide bonds. The Bertz CT molecular complexity index is 1340. The molecule has 0 fully saturated rings. The van der Waals surface area contributed by atoms with Gasteiger partial charge in [0.05, 0.1) is 0 Å². The van der Waals surface area contributed by atoms with Crippen LogP contribution in [-0.4, -0.2) is 26.0 Å². The van der Waals surface area contributed by atoms with Crippen LogP contribution in [0.4, 0.5) is 0 Å². The van der Waals surface area contributed by atoms with Crippen LogP contribution in [0.3, 0.4) is 0 Å². The highest BCUT2D eigenvalue weighted by Gasteiger charge is 2.31. The predicted octanol–water partition coefficient (Wildman–Crippen LogP) is 5.19. The first-order valence-electron chi connectivity index (χ1n) is 10.2. The minimum atomic E-state index is -0.840. The number of fused-ring (bicyclic) bond motifs is 2. The van der Waals surface area contributed by atoms with Crippen molar-refractivity contribution in [2.75, 3.05) is 0 Å². The van der Waals surface area contributed by atoms with Crippen molar-refractivity contribution in [2.24, 2.45) is 0 Å². The summed E-state index contributed by atoms with van der Waals surface area (Å²) in [6.07, 6.45) is 7.23. The molecule has 1 atom stereocenters. The number of ether oxygens (including phenoxy) is 1. The second-order valence-corrected chi connectivity index (χ2v) is 8.39. The van der Waals surface area contributed by atoms with E-state index in [1.807, 2.05) is 26.8 Å². The third-order valence-corrected chi connectivity index (χ3v) is 5.49. The number of allylic oxidation sites excluding steroid dienone is 2. The lowest BCUT2D eigenvalue weighted by Crippen LogP contribution is -2.31. The lowest BCUT2D eigenvalue weighted by molar-refractivity contribution is 0.124. The standard InChI is InChI=1S/C25H24O7/c1-13(2)5-4-9-25(3)10-8-16-15(6-7-17(27)23(16)32-25)24-22(30)21(29)20-18(28)11-14(26)12-19(20)31-24/h5-8,10-12,26-28,30H,4,9H2,1-3H3/t25-/m0/s1. The number of rotatable bonds is 4. The second kappa shape index (κ2) is 7.67. The lowest BCUT2D eigenvalue weighted by atomic mass is 9.92. The van der Waals surface area contributed by atoms with E-state index in [2.05, 4.69) is 6.08 Å². The second-order valence-electron chi connectivity index (χ2n) is 8.39. The van der Waals surface area contributed by atoms with Gasteiger partial charge in [-0.2, -0.15) is 0 Å². The van der Waals surface area contributed by atoms with E-state index in [-0.39, 0.29) is 34.0 Å². The van der Waals surface area contributed by atoms with E-state index < -0.39 is 22.5 Å². The zero-order valence-electron chi connectivity index (χ0n) is 18.0. The van der Waals surface area contributed by atoms with Crippen molar-refractivity contribution >= 4 is 17.0 Å². The molecule has 7 heteroatoms. The zero-order chi connectivity index (χ0) is 23.2. The Balaban J connectivity index is 1.85. The Morgan fingerprint density at radius 3 is 2.56 bits per heavy atom. The Morgan fingerprint density at radius 2 is 1.84 bits per heavy atom. The van der Waals surface area contributed by atoms with Gasteiger partial charge in [0, 0.05) is 23.3 Å². The lowest BCUT2D eigenvalue weighted by Gasteiger charge is -2.32. The Labute approximate surface area is 184 Å². The van der Waals surface area contributed by atoms with E-state index in [9.17, 15) is 25.2 Å². The van der Waals surface area contributed by atoms with Crippen LogP contribution in [0.2, 0.25) is 0 Å². The molecule has 2 heterocycles. The minimum absolute atomic E-state index is 0.0838. The molecule has 32 heavy (non-hydrogen) atoms. The van der Waals surface area contributed by atoms with Crippen LogP contribution in [0.25, 0.3) is 28.4 Å². The van der Waals surface area contributed by atoms with Crippen LogP contribution in [0.1, 0.15) is 39.2 Å². The first-order chi connectivity index (χ1) is 15.1. The van der Waals surface area contributed by atoms with Gasteiger partial charge in [0.15, 0.2) is 17.3 Å². The summed E-state index contributed by atoms with van der Waals surface area (Å²) in [6, 6.07) is 5.07. The molecule has 0 bridgehead atoms. The van der Waals surface area contributed by atoms with Crippen molar-refractivity contribution in [1.29, 1.82) is 0 Å². The highest BCUT2D eigenvalue weighted by atomic mass is 16.5. The van der Waals surface area contributed by atoms with Crippen LogP contribution >= 0.6 is 0 Å². The van der Waals surface area contributed by atoms with E-state index in [1.54, 1.807) is 6.08 Å². The zero-order valence-corrected chi connectivity index (χ0v) is 18.0.